The summed E-state index contributed by atoms with van der Waals surface area (Å²) in [6, 6.07) is 3.56. The Morgan fingerprint density at radius 3 is 2.44 bits per heavy atom. The number of guanidine groups is 1. The molecule has 39 heavy (non-hydrogen) atoms. The number of sulfonamides is 1. The highest BCUT2D eigenvalue weighted by Crippen LogP contribution is 2.38. The van der Waals surface area contributed by atoms with Gasteiger partial charge in [-0.1, -0.05) is 32.6 Å². The molecule has 14 heteroatoms. The maximum Gasteiger partial charge on any atom is 0.323 e. The predicted octanol–water partition coefficient (Wildman–Crippen LogP) is 2.19. The van der Waals surface area contributed by atoms with Crippen molar-refractivity contribution < 1.29 is 27.9 Å². The Kier molecular flexibility index (Phi) is 14.8. The largest absolute Gasteiger partial charge is 0.496 e. The number of amides is 1. The van der Waals surface area contributed by atoms with Gasteiger partial charge in [0.2, 0.25) is 15.9 Å². The van der Waals surface area contributed by atoms with Gasteiger partial charge in [0.25, 0.3) is 0 Å². The molecule has 1 aliphatic carbocycles. The molecule has 1 aromatic rings. The summed E-state index contributed by atoms with van der Waals surface area (Å²) in [5, 5.41) is 21.3. The third-order valence-electron chi connectivity index (χ3n) is 6.52. The number of hydrogen-bond donors (Lipinski definition) is 4. The first-order valence-electron chi connectivity index (χ1n) is 13.0. The minimum atomic E-state index is -4.11. The molecule has 0 aliphatic heterocycles. The van der Waals surface area contributed by atoms with E-state index in [4.69, 9.17) is 27.0 Å². The Bertz CT molecular complexity index is 1080. The maximum atomic E-state index is 13.5. The number of carboxylic acid groups (broad SMARTS) is 1. The van der Waals surface area contributed by atoms with Crippen LogP contribution in [0.3, 0.4) is 0 Å². The van der Waals surface area contributed by atoms with Gasteiger partial charge in [-0.05, 0) is 61.8 Å². The summed E-state index contributed by atoms with van der Waals surface area (Å²) in [7, 11) is -2.55. The molecule has 0 radical (unpaired) electrons. The molecule has 2 rings (SSSR count). The van der Waals surface area contributed by atoms with E-state index in [1.165, 1.54) is 11.0 Å². The van der Waals surface area contributed by atoms with E-state index in [-0.39, 0.29) is 36.3 Å². The highest BCUT2D eigenvalue weighted by Gasteiger charge is 2.31. The zero-order chi connectivity index (χ0) is 29.4. The summed E-state index contributed by atoms with van der Waals surface area (Å²) in [5.41, 5.74) is 11.6. The molecule has 1 amide bonds. The first-order chi connectivity index (χ1) is 18.6. The molecule has 0 spiro atoms. The summed E-state index contributed by atoms with van der Waals surface area (Å²) in [4.78, 5) is 29.9. The Morgan fingerprint density at radius 2 is 1.87 bits per heavy atom. The van der Waals surface area contributed by atoms with Crippen molar-refractivity contribution >= 4 is 27.9 Å². The fraction of sp³-hybridized carbons (Fsp3) is 0.640. The van der Waals surface area contributed by atoms with Gasteiger partial charge >= 0.3 is 5.97 Å². The lowest BCUT2D eigenvalue weighted by Crippen LogP contribution is -2.50. The van der Waals surface area contributed by atoms with Crippen LogP contribution in [0.5, 0.6) is 5.75 Å². The summed E-state index contributed by atoms with van der Waals surface area (Å²) in [5.74, 6) is -1.02. The second-order valence-corrected chi connectivity index (χ2v) is 11.1. The number of nitrogens with two attached hydrogens (primary N) is 2. The number of nitrogens with zero attached hydrogens (tertiary/aromatic N) is 4. The lowest BCUT2D eigenvalue weighted by atomic mass is 9.84. The van der Waals surface area contributed by atoms with Crippen molar-refractivity contribution in [3.8, 4) is 5.75 Å². The van der Waals surface area contributed by atoms with Gasteiger partial charge in [-0.25, -0.2) is 8.42 Å². The SMILES string of the molecule is CCCCN(CC(=O)O)C(=O)[C@H](CCCN=C(N)N)NS(=O)(=O)c1ccc(OC)c(C2CCCCC2)c1.N#N. The number of rotatable bonds is 15. The Hall–Kier alpha value is -3.44. The van der Waals surface area contributed by atoms with Crippen LogP contribution in [0.1, 0.15) is 76.2 Å². The van der Waals surface area contributed by atoms with Gasteiger partial charge in [0.05, 0.1) is 12.0 Å². The summed E-state index contributed by atoms with van der Waals surface area (Å²) in [6.07, 6.45) is 6.99. The molecule has 218 valence electrons. The van der Waals surface area contributed by atoms with Gasteiger partial charge in [0.1, 0.15) is 18.3 Å². The number of hydrogen-bond acceptors (Lipinski definition) is 8. The van der Waals surface area contributed by atoms with E-state index in [0.717, 1.165) is 44.1 Å². The van der Waals surface area contributed by atoms with Crippen LogP contribution in [0.4, 0.5) is 0 Å². The molecule has 0 aromatic heterocycles. The maximum absolute atomic E-state index is 13.5. The number of carboxylic acids is 1. The van der Waals surface area contributed by atoms with E-state index in [9.17, 15) is 23.1 Å². The van der Waals surface area contributed by atoms with Crippen molar-refractivity contribution in [2.24, 2.45) is 16.5 Å². The van der Waals surface area contributed by atoms with Gasteiger partial charge < -0.3 is 26.2 Å². The Labute approximate surface area is 230 Å². The van der Waals surface area contributed by atoms with Crippen LogP contribution in [0, 0.1) is 10.8 Å². The molecule has 1 aromatic carbocycles. The standard InChI is InChI=1S/C25H41N5O6S.N2/c1-3-4-15-30(17-23(31)32)24(33)21(11-8-14-28-25(26)27)29-37(34,35)19-12-13-22(36-2)20(16-19)18-9-6-5-7-10-18;1-2/h12-13,16,18,21,29H,3-11,14-15,17H2,1-2H3,(H,31,32)(H4,26,27,28);/t21-;/m0./s1. The lowest BCUT2D eigenvalue weighted by Gasteiger charge is -2.27. The van der Waals surface area contributed by atoms with Gasteiger partial charge in [-0.15, -0.1) is 0 Å². The fourth-order valence-electron chi connectivity index (χ4n) is 4.60. The number of carbonyl (C=O) groups is 2. The zero-order valence-corrected chi connectivity index (χ0v) is 23.5. The van der Waals surface area contributed by atoms with Crippen molar-refractivity contribution in [3.05, 3.63) is 23.8 Å². The van der Waals surface area contributed by atoms with Crippen molar-refractivity contribution in [1.29, 1.82) is 10.8 Å². The van der Waals surface area contributed by atoms with Crippen molar-refractivity contribution in [3.63, 3.8) is 0 Å². The minimum absolute atomic E-state index is 0.0363. The summed E-state index contributed by atoms with van der Waals surface area (Å²) >= 11 is 0. The molecule has 6 N–H and O–H groups in total. The van der Waals surface area contributed by atoms with Crippen LogP contribution in [-0.4, -0.2) is 69.0 Å². The molecule has 0 unspecified atom stereocenters. The molecule has 13 nitrogen and oxygen atoms in total. The van der Waals surface area contributed by atoms with E-state index in [1.54, 1.807) is 19.2 Å². The van der Waals surface area contributed by atoms with E-state index in [0.29, 0.717) is 18.6 Å². The van der Waals surface area contributed by atoms with Crippen molar-refractivity contribution in [2.75, 3.05) is 26.7 Å². The van der Waals surface area contributed by atoms with Gasteiger partial charge in [0.15, 0.2) is 5.96 Å². The number of nitrogens with one attached hydrogen (secondary N) is 1. The molecular weight excluding hydrogens is 526 g/mol. The molecule has 1 fully saturated rings. The first kappa shape index (κ1) is 33.6. The fourth-order valence-corrected chi connectivity index (χ4v) is 5.86. The first-order valence-corrected chi connectivity index (χ1v) is 14.5. The number of ether oxygens (including phenoxy) is 1. The third kappa shape index (κ3) is 11.1. The van der Waals surface area contributed by atoms with Gasteiger partial charge in [-0.2, -0.15) is 4.72 Å². The average molecular weight is 568 g/mol. The molecule has 1 aliphatic rings. The highest BCUT2D eigenvalue weighted by atomic mass is 32.2. The zero-order valence-electron chi connectivity index (χ0n) is 22.7. The number of unbranched alkanes of at least 4 members (excludes halogenated alkanes) is 1. The van der Waals surface area contributed by atoms with Gasteiger partial charge in [-0.3, -0.25) is 14.6 Å². The second kappa shape index (κ2) is 17.2. The highest BCUT2D eigenvalue weighted by molar-refractivity contribution is 7.89. The molecule has 0 heterocycles. The van der Waals surface area contributed by atoms with Crippen LogP contribution in [0.15, 0.2) is 28.1 Å². The lowest BCUT2D eigenvalue weighted by molar-refractivity contribution is -0.145. The number of benzene rings is 1. The van der Waals surface area contributed by atoms with Crippen molar-refractivity contribution in [2.45, 2.75) is 81.6 Å². The monoisotopic (exact) mass is 567 g/mol. The number of methoxy groups -OCH3 is 1. The molecular formula is C25H41N7O6S. The molecule has 0 saturated heterocycles. The average Bonchev–Trinajstić information content (AvgIpc) is 2.93. The number of carbonyl (C=O) groups excluding carboxylic acids is 1. The molecule has 1 atom stereocenters. The van der Waals surface area contributed by atoms with Crippen LogP contribution in [0.2, 0.25) is 0 Å². The predicted molar refractivity (Wildman–Crippen MR) is 145 cm³/mol. The smallest absolute Gasteiger partial charge is 0.323 e. The van der Waals surface area contributed by atoms with E-state index in [1.807, 2.05) is 6.92 Å². The van der Waals surface area contributed by atoms with E-state index >= 15 is 0 Å². The minimum Gasteiger partial charge on any atom is -0.496 e. The third-order valence-corrected chi connectivity index (χ3v) is 7.99. The van der Waals surface area contributed by atoms with E-state index in [2.05, 4.69) is 9.71 Å². The molecule has 1 saturated carbocycles. The van der Waals surface area contributed by atoms with Crippen LogP contribution in [0.25, 0.3) is 0 Å². The van der Waals surface area contributed by atoms with Gasteiger partial charge in [0, 0.05) is 23.9 Å². The van der Waals surface area contributed by atoms with Crippen molar-refractivity contribution in [1.82, 2.24) is 9.62 Å². The second-order valence-electron chi connectivity index (χ2n) is 9.37. The van der Waals surface area contributed by atoms with Crippen LogP contribution in [-0.2, 0) is 19.6 Å². The number of aliphatic imine (C=N–C) groups is 1. The topological polar surface area (TPSA) is 225 Å². The molecule has 0 bridgehead atoms. The number of aliphatic carboxylic acids is 1. The van der Waals surface area contributed by atoms with Crippen LogP contribution < -0.4 is 20.9 Å². The Morgan fingerprint density at radius 1 is 1.21 bits per heavy atom. The summed E-state index contributed by atoms with van der Waals surface area (Å²) < 4.78 is 35.0. The quantitative estimate of drug-likeness (QED) is 0.104. The van der Waals surface area contributed by atoms with E-state index < -0.39 is 34.5 Å². The normalized spacial score (nSPS) is 14.4. The Balaban J connectivity index is 0.00000371. The summed E-state index contributed by atoms with van der Waals surface area (Å²) in [6.45, 7) is 1.82. The van der Waals surface area contributed by atoms with Crippen LogP contribution >= 0.6 is 0 Å².